The molecule has 0 atom stereocenters. The summed E-state index contributed by atoms with van der Waals surface area (Å²) in [7, 11) is 2.09. The van der Waals surface area contributed by atoms with Gasteiger partial charge in [-0.2, -0.15) is 23.3 Å². The molecule has 3 aliphatic rings. The second-order valence-electron chi connectivity index (χ2n) is 12.0. The van der Waals surface area contributed by atoms with Crippen LogP contribution < -0.4 is 20.9 Å². The van der Waals surface area contributed by atoms with Crippen LogP contribution in [0.25, 0.3) is 0 Å². The molecule has 0 radical (unpaired) electrons. The predicted octanol–water partition coefficient (Wildman–Crippen LogP) is 5.87. The Labute approximate surface area is 248 Å². The van der Waals surface area contributed by atoms with E-state index in [1.807, 2.05) is 6.07 Å². The van der Waals surface area contributed by atoms with Crippen molar-refractivity contribution in [2.75, 3.05) is 35.7 Å². The second kappa shape index (κ2) is 12.4. The van der Waals surface area contributed by atoms with E-state index in [2.05, 4.69) is 54.0 Å². The standard InChI is InChI=1S/C30H38F3N9O/c1-41-17-24(18-41)42(28-34-14-13-26(38-28)37-27-16-25(39-40-27)19-5-2-3-6-19)23-11-9-21(10-12-23)35-29(43)36-22-8-4-7-20(15-22)30(31,32)33/h4,7-8,13-16,19,21,23-24H,2-3,5-6,9-12,17-18H2,1H3,(H2,35,36,43)(H2,34,37,38,39,40). The lowest BCUT2D eigenvalue weighted by molar-refractivity contribution is -0.137. The maximum atomic E-state index is 13.0. The van der Waals surface area contributed by atoms with Gasteiger partial charge >= 0.3 is 12.2 Å². The van der Waals surface area contributed by atoms with Crippen molar-refractivity contribution in [2.45, 2.75) is 81.6 Å². The minimum atomic E-state index is -4.47. The van der Waals surface area contributed by atoms with Gasteiger partial charge in [-0.25, -0.2) is 9.78 Å². The number of hydrogen-bond acceptors (Lipinski definition) is 7. The molecule has 2 aromatic heterocycles. The van der Waals surface area contributed by atoms with Crippen molar-refractivity contribution in [3.8, 4) is 0 Å². The maximum absolute atomic E-state index is 13.0. The Morgan fingerprint density at radius 1 is 1.00 bits per heavy atom. The van der Waals surface area contributed by atoms with Crippen LogP contribution in [-0.2, 0) is 6.18 Å². The van der Waals surface area contributed by atoms with E-state index in [9.17, 15) is 18.0 Å². The number of aromatic amines is 1. The summed E-state index contributed by atoms with van der Waals surface area (Å²) in [4.78, 5) is 26.7. The van der Waals surface area contributed by atoms with Gasteiger partial charge in [-0.1, -0.05) is 18.9 Å². The van der Waals surface area contributed by atoms with E-state index in [0.29, 0.717) is 23.7 Å². The Morgan fingerprint density at radius 2 is 1.77 bits per heavy atom. The topological polar surface area (TPSA) is 114 Å². The fourth-order valence-corrected chi connectivity index (χ4v) is 6.61. The molecule has 1 saturated heterocycles. The Morgan fingerprint density at radius 3 is 2.49 bits per heavy atom. The van der Waals surface area contributed by atoms with Crippen molar-refractivity contribution in [1.29, 1.82) is 0 Å². The maximum Gasteiger partial charge on any atom is 0.416 e. The number of nitrogens with zero attached hydrogens (tertiary/aromatic N) is 5. The van der Waals surface area contributed by atoms with Crippen LogP contribution in [0, 0.1) is 0 Å². The first-order valence-corrected chi connectivity index (χ1v) is 15.1. The first kappa shape index (κ1) is 29.2. The van der Waals surface area contributed by atoms with Gasteiger partial charge in [0.15, 0.2) is 5.82 Å². The quantitative estimate of drug-likeness (QED) is 0.257. The van der Waals surface area contributed by atoms with Crippen molar-refractivity contribution in [3.63, 3.8) is 0 Å². The van der Waals surface area contributed by atoms with Crippen LogP contribution in [0.1, 0.15) is 68.5 Å². The van der Waals surface area contributed by atoms with Gasteiger partial charge in [-0.15, -0.1) is 0 Å². The summed E-state index contributed by atoms with van der Waals surface area (Å²) in [5.41, 5.74) is 0.478. The summed E-state index contributed by atoms with van der Waals surface area (Å²) in [6.45, 7) is 1.84. The van der Waals surface area contributed by atoms with Gasteiger partial charge in [0.25, 0.3) is 0 Å². The number of carbonyl (C=O) groups excluding carboxylic acids is 1. The fraction of sp³-hybridized carbons (Fsp3) is 0.533. The lowest BCUT2D eigenvalue weighted by Crippen LogP contribution is -2.62. The van der Waals surface area contributed by atoms with Crippen LogP contribution in [0.3, 0.4) is 0 Å². The number of aromatic nitrogens is 4. The summed E-state index contributed by atoms with van der Waals surface area (Å²) >= 11 is 0. The van der Waals surface area contributed by atoms with Crippen molar-refractivity contribution in [2.24, 2.45) is 0 Å². The SMILES string of the molecule is CN1CC(N(c2nccc(Nc3cc(C4CCCC4)[nH]n3)n2)C2CCC(NC(=O)Nc3cccc(C(F)(F)F)c3)CC2)C1. The van der Waals surface area contributed by atoms with Crippen LogP contribution in [-0.4, -0.2) is 69.4 Å². The number of nitrogens with one attached hydrogen (secondary N) is 4. The number of amides is 2. The Balaban J connectivity index is 1.07. The van der Waals surface area contributed by atoms with Crippen molar-refractivity contribution >= 4 is 29.3 Å². The summed E-state index contributed by atoms with van der Waals surface area (Å²) in [5, 5.41) is 16.5. The molecule has 0 bridgehead atoms. The average Bonchev–Trinajstić information content (AvgIpc) is 3.66. The molecule has 1 aromatic carbocycles. The Hall–Kier alpha value is -3.87. The summed E-state index contributed by atoms with van der Waals surface area (Å²) in [5.74, 6) is 2.66. The summed E-state index contributed by atoms with van der Waals surface area (Å²) < 4.78 is 39.1. The van der Waals surface area contributed by atoms with Gasteiger partial charge in [-0.3, -0.25) is 5.10 Å². The smallest absolute Gasteiger partial charge is 0.335 e. The van der Waals surface area contributed by atoms with Crippen LogP contribution in [0.15, 0.2) is 42.6 Å². The number of likely N-dealkylation sites (N-methyl/N-ethyl adjacent to an activating group) is 1. The van der Waals surface area contributed by atoms with Gasteiger partial charge in [0.05, 0.1) is 11.6 Å². The van der Waals surface area contributed by atoms with Crippen LogP contribution in [0.4, 0.5) is 41.2 Å². The molecule has 3 heterocycles. The molecule has 13 heteroatoms. The number of likely N-dealkylation sites (tertiary alicyclic amines) is 1. The number of hydrogen-bond donors (Lipinski definition) is 4. The third-order valence-electron chi connectivity index (χ3n) is 8.83. The van der Waals surface area contributed by atoms with Gasteiger partial charge in [0, 0.05) is 54.7 Å². The monoisotopic (exact) mass is 597 g/mol. The summed E-state index contributed by atoms with van der Waals surface area (Å²) in [6, 6.07) is 8.50. The minimum Gasteiger partial charge on any atom is -0.335 e. The second-order valence-corrected chi connectivity index (χ2v) is 12.0. The normalized spacial score (nSPS) is 21.8. The highest BCUT2D eigenvalue weighted by atomic mass is 19.4. The van der Waals surface area contributed by atoms with Crippen LogP contribution >= 0.6 is 0 Å². The molecule has 0 unspecified atom stereocenters. The molecule has 6 rings (SSSR count). The zero-order chi connectivity index (χ0) is 30.0. The Kier molecular flexibility index (Phi) is 8.42. The third kappa shape index (κ3) is 7.03. The average molecular weight is 598 g/mol. The minimum absolute atomic E-state index is 0.0735. The van der Waals surface area contributed by atoms with Gasteiger partial charge in [0.2, 0.25) is 5.95 Å². The van der Waals surface area contributed by atoms with Gasteiger partial charge in [-0.05, 0) is 69.8 Å². The number of carbonyl (C=O) groups is 1. The molecule has 43 heavy (non-hydrogen) atoms. The molecule has 2 amide bonds. The van der Waals surface area contributed by atoms with Gasteiger partial charge < -0.3 is 25.8 Å². The van der Waals surface area contributed by atoms with E-state index < -0.39 is 17.8 Å². The van der Waals surface area contributed by atoms with Crippen LogP contribution in [0.5, 0.6) is 0 Å². The van der Waals surface area contributed by atoms with E-state index in [4.69, 9.17) is 4.98 Å². The molecule has 4 N–H and O–H groups in total. The van der Waals surface area contributed by atoms with Crippen molar-refractivity contribution < 1.29 is 18.0 Å². The lowest BCUT2D eigenvalue weighted by Gasteiger charge is -2.48. The number of alkyl halides is 3. The fourth-order valence-electron chi connectivity index (χ4n) is 6.61. The molecule has 2 saturated carbocycles. The molecule has 2 aliphatic carbocycles. The number of halogens is 3. The number of H-pyrrole nitrogens is 1. The highest BCUT2D eigenvalue weighted by Gasteiger charge is 2.37. The first-order chi connectivity index (χ1) is 20.7. The summed E-state index contributed by atoms with van der Waals surface area (Å²) in [6.07, 6.45) is 5.38. The molecular formula is C30H38F3N9O. The van der Waals surface area contributed by atoms with E-state index >= 15 is 0 Å². The zero-order valence-electron chi connectivity index (χ0n) is 24.2. The van der Waals surface area contributed by atoms with Crippen LogP contribution in [0.2, 0.25) is 0 Å². The van der Waals surface area contributed by atoms with E-state index in [1.54, 1.807) is 6.20 Å². The number of anilines is 4. The predicted molar refractivity (Wildman–Crippen MR) is 159 cm³/mol. The molecular weight excluding hydrogens is 559 g/mol. The molecule has 3 fully saturated rings. The van der Waals surface area contributed by atoms with E-state index in [1.165, 1.54) is 43.5 Å². The van der Waals surface area contributed by atoms with Crippen molar-refractivity contribution in [3.05, 3.63) is 53.9 Å². The third-order valence-corrected chi connectivity index (χ3v) is 8.83. The molecule has 3 aromatic rings. The molecule has 230 valence electrons. The lowest BCUT2D eigenvalue weighted by atomic mass is 9.88. The largest absolute Gasteiger partial charge is 0.416 e. The van der Waals surface area contributed by atoms with E-state index in [-0.39, 0.29) is 17.8 Å². The zero-order valence-corrected chi connectivity index (χ0v) is 24.2. The molecule has 0 spiro atoms. The number of benzene rings is 1. The van der Waals surface area contributed by atoms with Gasteiger partial charge in [0.1, 0.15) is 5.82 Å². The number of rotatable bonds is 8. The highest BCUT2D eigenvalue weighted by molar-refractivity contribution is 5.89. The van der Waals surface area contributed by atoms with Crippen molar-refractivity contribution in [1.82, 2.24) is 30.4 Å². The highest BCUT2D eigenvalue weighted by Crippen LogP contribution is 2.35. The van der Waals surface area contributed by atoms with E-state index in [0.717, 1.165) is 56.7 Å². The first-order valence-electron chi connectivity index (χ1n) is 15.1. The molecule has 1 aliphatic heterocycles. The molecule has 10 nitrogen and oxygen atoms in total. The Bertz CT molecular complexity index is 1390. The number of urea groups is 1.